The molecule has 2 rings (SSSR count). The third-order valence-electron chi connectivity index (χ3n) is 3.22. The third-order valence-corrected chi connectivity index (χ3v) is 3.22. The van der Waals surface area contributed by atoms with Crippen LogP contribution in [0.2, 0.25) is 0 Å². The molecule has 0 aliphatic carbocycles. The average Bonchev–Trinajstić information content (AvgIpc) is 2.39. The molecule has 1 aromatic carbocycles. The van der Waals surface area contributed by atoms with Gasteiger partial charge in [0.15, 0.2) is 17.3 Å². The molecule has 0 spiro atoms. The van der Waals surface area contributed by atoms with Crippen LogP contribution in [0.25, 0.3) is 0 Å². The summed E-state index contributed by atoms with van der Waals surface area (Å²) in [4.78, 5) is 23.8. The van der Waals surface area contributed by atoms with E-state index in [0.717, 1.165) is 18.4 Å². The summed E-state index contributed by atoms with van der Waals surface area (Å²) in [5, 5.41) is 0. The molecule has 4 heteroatoms. The van der Waals surface area contributed by atoms with Crippen LogP contribution in [0.5, 0.6) is 11.5 Å². The van der Waals surface area contributed by atoms with Crippen LogP contribution in [0.1, 0.15) is 43.1 Å². The predicted molar refractivity (Wildman–Crippen MR) is 70.7 cm³/mol. The highest BCUT2D eigenvalue weighted by Crippen LogP contribution is 2.40. The Kier molecular flexibility index (Phi) is 3.88. The Bertz CT molecular complexity index is 519. The highest BCUT2D eigenvalue weighted by molar-refractivity contribution is 6.13. The molecule has 1 heterocycles. The zero-order valence-corrected chi connectivity index (χ0v) is 11.5. The van der Waals surface area contributed by atoms with Gasteiger partial charge in [-0.05, 0) is 31.9 Å². The summed E-state index contributed by atoms with van der Waals surface area (Å²) in [7, 11) is 0. The molecule has 19 heavy (non-hydrogen) atoms. The van der Waals surface area contributed by atoms with Crippen molar-refractivity contribution in [1.82, 2.24) is 0 Å². The maximum absolute atomic E-state index is 12.1. The van der Waals surface area contributed by atoms with Crippen molar-refractivity contribution in [1.29, 1.82) is 0 Å². The van der Waals surface area contributed by atoms with E-state index in [4.69, 9.17) is 9.47 Å². The molecule has 0 fully saturated rings. The van der Waals surface area contributed by atoms with E-state index in [-0.39, 0.29) is 5.78 Å². The molecule has 0 radical (unpaired) electrons. The van der Waals surface area contributed by atoms with Crippen molar-refractivity contribution >= 4 is 11.8 Å². The fraction of sp³-hybridized carbons (Fsp3) is 0.467. The first-order valence-corrected chi connectivity index (χ1v) is 6.64. The molecule has 0 amide bonds. The van der Waals surface area contributed by atoms with Gasteiger partial charge in [0.1, 0.15) is 5.92 Å². The summed E-state index contributed by atoms with van der Waals surface area (Å²) >= 11 is 0. The molecule has 0 saturated heterocycles. The highest BCUT2D eigenvalue weighted by atomic mass is 16.6. The van der Waals surface area contributed by atoms with E-state index in [1.54, 1.807) is 13.0 Å². The molecular weight excluding hydrogens is 244 g/mol. The van der Waals surface area contributed by atoms with Gasteiger partial charge in [-0.25, -0.2) is 0 Å². The minimum Gasteiger partial charge on any atom is -0.490 e. The summed E-state index contributed by atoms with van der Waals surface area (Å²) in [6, 6.07) is 3.62. The van der Waals surface area contributed by atoms with Crippen molar-refractivity contribution in [3.8, 4) is 11.5 Å². The normalized spacial score (nSPS) is 17.9. The molecule has 0 N–H and O–H groups in total. The first-order chi connectivity index (χ1) is 9.10. The fourth-order valence-corrected chi connectivity index (χ4v) is 2.20. The molecule has 0 bridgehead atoms. The Balaban J connectivity index is 2.55. The molecule has 0 aromatic heterocycles. The molecule has 4 nitrogen and oxygen atoms in total. The molecular formula is C15H18O4. The van der Waals surface area contributed by atoms with E-state index in [9.17, 15) is 9.59 Å². The van der Waals surface area contributed by atoms with E-state index in [0.29, 0.717) is 23.7 Å². The summed E-state index contributed by atoms with van der Waals surface area (Å²) < 4.78 is 10.9. The van der Waals surface area contributed by atoms with E-state index in [2.05, 4.69) is 6.92 Å². The van der Waals surface area contributed by atoms with Crippen molar-refractivity contribution in [2.45, 2.75) is 33.6 Å². The molecule has 1 aliphatic heterocycles. The van der Waals surface area contributed by atoms with Gasteiger partial charge in [0.25, 0.3) is 0 Å². The van der Waals surface area contributed by atoms with Crippen LogP contribution in [0.15, 0.2) is 12.1 Å². The van der Waals surface area contributed by atoms with Crippen LogP contribution in [0, 0.1) is 5.92 Å². The number of ether oxygens (including phenoxy) is 2. The lowest BCUT2D eigenvalue weighted by Crippen LogP contribution is -2.31. The predicted octanol–water partition coefficient (Wildman–Crippen LogP) is 2.78. The Morgan fingerprint density at radius 3 is 2.63 bits per heavy atom. The molecule has 1 aromatic rings. The maximum Gasteiger partial charge on any atom is 0.322 e. The second kappa shape index (κ2) is 5.43. The summed E-state index contributed by atoms with van der Waals surface area (Å²) in [5.74, 6) is -0.613. The van der Waals surface area contributed by atoms with Gasteiger partial charge in [0.05, 0.1) is 12.2 Å². The lowest BCUT2D eigenvalue weighted by Gasteiger charge is -2.23. The molecule has 1 aliphatic rings. The zero-order chi connectivity index (χ0) is 14.0. The first-order valence-electron chi connectivity index (χ1n) is 6.64. The lowest BCUT2D eigenvalue weighted by atomic mass is 9.93. The lowest BCUT2D eigenvalue weighted by molar-refractivity contribution is -0.137. The van der Waals surface area contributed by atoms with Gasteiger partial charge in [-0.2, -0.15) is 0 Å². The Morgan fingerprint density at radius 1 is 1.26 bits per heavy atom. The Labute approximate surface area is 112 Å². The van der Waals surface area contributed by atoms with Gasteiger partial charge >= 0.3 is 5.97 Å². The quantitative estimate of drug-likeness (QED) is 0.475. The van der Waals surface area contributed by atoms with Crippen LogP contribution in [-0.2, 0) is 11.2 Å². The smallest absolute Gasteiger partial charge is 0.322 e. The van der Waals surface area contributed by atoms with E-state index in [1.165, 1.54) is 0 Å². The number of esters is 1. The Morgan fingerprint density at radius 2 is 2.00 bits per heavy atom. The molecule has 0 saturated carbocycles. The second-order valence-corrected chi connectivity index (χ2v) is 4.62. The van der Waals surface area contributed by atoms with Crippen molar-refractivity contribution in [3.05, 3.63) is 23.3 Å². The van der Waals surface area contributed by atoms with Crippen LogP contribution < -0.4 is 9.47 Å². The van der Waals surface area contributed by atoms with Crippen molar-refractivity contribution < 1.29 is 19.1 Å². The SMILES string of the molecule is CCCc1ccc2c(c1OCC)OC(=O)C(C)C2=O. The maximum atomic E-state index is 12.1. The monoisotopic (exact) mass is 262 g/mol. The van der Waals surface area contributed by atoms with Crippen molar-refractivity contribution in [3.63, 3.8) is 0 Å². The van der Waals surface area contributed by atoms with Crippen LogP contribution in [-0.4, -0.2) is 18.4 Å². The topological polar surface area (TPSA) is 52.6 Å². The fourth-order valence-electron chi connectivity index (χ4n) is 2.20. The number of ketones is 1. The van der Waals surface area contributed by atoms with Crippen molar-refractivity contribution in [2.24, 2.45) is 5.92 Å². The van der Waals surface area contributed by atoms with Crippen LogP contribution >= 0.6 is 0 Å². The number of carbonyl (C=O) groups excluding carboxylic acids is 2. The minimum atomic E-state index is -0.737. The number of hydrogen-bond acceptors (Lipinski definition) is 4. The van der Waals surface area contributed by atoms with Gasteiger partial charge in [0, 0.05) is 0 Å². The van der Waals surface area contributed by atoms with Crippen molar-refractivity contribution in [2.75, 3.05) is 6.61 Å². The van der Waals surface area contributed by atoms with Gasteiger partial charge in [-0.3, -0.25) is 9.59 Å². The van der Waals surface area contributed by atoms with Gasteiger partial charge in [-0.15, -0.1) is 0 Å². The average molecular weight is 262 g/mol. The van der Waals surface area contributed by atoms with E-state index < -0.39 is 11.9 Å². The van der Waals surface area contributed by atoms with Crippen LogP contribution in [0.4, 0.5) is 0 Å². The van der Waals surface area contributed by atoms with Gasteiger partial charge < -0.3 is 9.47 Å². The number of carbonyl (C=O) groups is 2. The highest BCUT2D eigenvalue weighted by Gasteiger charge is 2.35. The summed E-state index contributed by atoms with van der Waals surface area (Å²) in [6.07, 6.45) is 1.78. The minimum absolute atomic E-state index is 0.199. The second-order valence-electron chi connectivity index (χ2n) is 4.62. The zero-order valence-electron chi connectivity index (χ0n) is 11.5. The summed E-state index contributed by atoms with van der Waals surface area (Å²) in [5.41, 5.74) is 1.41. The van der Waals surface area contributed by atoms with Gasteiger partial charge in [0.2, 0.25) is 0 Å². The summed E-state index contributed by atoms with van der Waals surface area (Å²) in [6.45, 7) is 5.96. The number of fused-ring (bicyclic) bond motifs is 1. The standard InChI is InChI=1S/C15H18O4/c1-4-6-10-7-8-11-12(16)9(3)15(17)19-14(11)13(10)18-5-2/h7-9H,4-6H2,1-3H3. The molecule has 1 atom stereocenters. The number of hydrogen-bond donors (Lipinski definition) is 0. The van der Waals surface area contributed by atoms with E-state index >= 15 is 0 Å². The van der Waals surface area contributed by atoms with E-state index in [1.807, 2.05) is 13.0 Å². The molecule has 1 unspecified atom stereocenters. The largest absolute Gasteiger partial charge is 0.490 e. The first kappa shape index (κ1) is 13.6. The Hall–Kier alpha value is -1.84. The molecule has 102 valence electrons. The van der Waals surface area contributed by atoms with Crippen LogP contribution in [0.3, 0.4) is 0 Å². The number of Topliss-reactive ketones (excluding diaryl/α,β-unsaturated/α-hetero) is 1. The third kappa shape index (κ3) is 2.35. The number of rotatable bonds is 4. The van der Waals surface area contributed by atoms with Gasteiger partial charge in [-0.1, -0.05) is 19.4 Å². The number of benzene rings is 1. The number of aryl methyl sites for hydroxylation is 1.